The highest BCUT2D eigenvalue weighted by atomic mass is 35.5. The summed E-state index contributed by atoms with van der Waals surface area (Å²) in [5, 5.41) is 8.94. The fourth-order valence-electron chi connectivity index (χ4n) is 1.95. The van der Waals surface area contributed by atoms with Crippen molar-refractivity contribution in [3.63, 3.8) is 0 Å². The highest BCUT2D eigenvalue weighted by Gasteiger charge is 2.19. The Bertz CT molecular complexity index is 420. The molecule has 0 amide bonds. The highest BCUT2D eigenvalue weighted by molar-refractivity contribution is 6.31. The zero-order valence-electron chi connectivity index (χ0n) is 8.79. The van der Waals surface area contributed by atoms with Crippen LogP contribution >= 0.6 is 11.6 Å². The van der Waals surface area contributed by atoms with Crippen molar-refractivity contribution in [2.24, 2.45) is 5.92 Å². The van der Waals surface area contributed by atoms with Crippen LogP contribution < -0.4 is 4.90 Å². The molecule has 0 aliphatic carbocycles. The van der Waals surface area contributed by atoms with Crippen LogP contribution in [0, 0.1) is 23.1 Å². The highest BCUT2D eigenvalue weighted by Crippen LogP contribution is 2.26. The molecule has 1 aromatic carbocycles. The van der Waals surface area contributed by atoms with Crippen molar-refractivity contribution in [1.82, 2.24) is 0 Å². The first-order valence-corrected chi connectivity index (χ1v) is 5.68. The van der Waals surface area contributed by atoms with E-state index in [0.717, 1.165) is 31.6 Å². The van der Waals surface area contributed by atoms with E-state index in [9.17, 15) is 4.39 Å². The number of nitrogens with zero attached hydrogens (tertiary/aromatic N) is 2. The van der Waals surface area contributed by atoms with Crippen molar-refractivity contribution in [1.29, 1.82) is 5.26 Å². The van der Waals surface area contributed by atoms with Crippen molar-refractivity contribution in [2.45, 2.75) is 12.8 Å². The van der Waals surface area contributed by atoms with Crippen molar-refractivity contribution < 1.29 is 4.39 Å². The quantitative estimate of drug-likeness (QED) is 0.751. The van der Waals surface area contributed by atoms with Gasteiger partial charge in [-0.2, -0.15) is 5.26 Å². The third kappa shape index (κ3) is 2.28. The lowest BCUT2D eigenvalue weighted by Crippen LogP contribution is -2.33. The predicted octanol–water partition coefficient (Wildman–Crippen LogP) is 3.22. The van der Waals surface area contributed by atoms with Crippen LogP contribution in [0.4, 0.5) is 10.1 Å². The lowest BCUT2D eigenvalue weighted by molar-refractivity contribution is 0.487. The molecule has 4 heteroatoms. The number of hydrogen-bond acceptors (Lipinski definition) is 2. The molecule has 1 aromatic rings. The van der Waals surface area contributed by atoms with Crippen molar-refractivity contribution >= 4 is 17.3 Å². The molecule has 0 saturated carbocycles. The molecule has 1 heterocycles. The van der Waals surface area contributed by atoms with E-state index in [0.29, 0.717) is 0 Å². The van der Waals surface area contributed by atoms with E-state index >= 15 is 0 Å². The third-order valence-corrected chi connectivity index (χ3v) is 3.24. The van der Waals surface area contributed by atoms with E-state index in [1.54, 1.807) is 12.1 Å². The number of rotatable bonds is 1. The molecule has 0 spiro atoms. The summed E-state index contributed by atoms with van der Waals surface area (Å²) in [6.07, 6.45) is 1.73. The van der Waals surface area contributed by atoms with Crippen LogP contribution in [0.3, 0.4) is 0 Å². The molecule has 2 nitrogen and oxygen atoms in total. The molecule has 84 valence electrons. The summed E-state index contributed by atoms with van der Waals surface area (Å²) < 4.78 is 13.0. The minimum atomic E-state index is -0.391. The number of piperidine rings is 1. The Balaban J connectivity index is 2.09. The fraction of sp³-hybridized carbons (Fsp3) is 0.417. The smallest absolute Gasteiger partial charge is 0.141 e. The van der Waals surface area contributed by atoms with Gasteiger partial charge in [-0.15, -0.1) is 0 Å². The Morgan fingerprint density at radius 3 is 2.62 bits per heavy atom. The standard InChI is InChI=1S/C12H12ClFN2/c13-11-7-10(1-2-12(11)14)16-5-3-9(8-15)4-6-16/h1-2,7,9H,3-6H2. The van der Waals surface area contributed by atoms with Crippen molar-refractivity contribution in [3.05, 3.63) is 29.0 Å². The second-order valence-corrected chi connectivity index (χ2v) is 4.40. The first-order chi connectivity index (χ1) is 7.70. The Labute approximate surface area is 99.2 Å². The van der Waals surface area contributed by atoms with Crippen LogP contribution in [0.2, 0.25) is 5.02 Å². The fourth-order valence-corrected chi connectivity index (χ4v) is 2.12. The third-order valence-electron chi connectivity index (χ3n) is 2.95. The van der Waals surface area contributed by atoms with E-state index in [4.69, 9.17) is 16.9 Å². The van der Waals surface area contributed by atoms with Gasteiger partial charge in [0.2, 0.25) is 0 Å². The largest absolute Gasteiger partial charge is 0.371 e. The summed E-state index contributed by atoms with van der Waals surface area (Å²) in [5.74, 6) is -0.232. The first kappa shape index (κ1) is 11.2. The maximum atomic E-state index is 13.0. The van der Waals surface area contributed by atoms with Crippen LogP contribution in [-0.2, 0) is 0 Å². The van der Waals surface area contributed by atoms with Crippen LogP contribution in [-0.4, -0.2) is 13.1 Å². The number of nitriles is 1. The summed E-state index contributed by atoms with van der Waals surface area (Å²) in [6, 6.07) is 7.04. The summed E-state index contributed by atoms with van der Waals surface area (Å²) in [5.41, 5.74) is 0.933. The molecule has 0 atom stereocenters. The van der Waals surface area contributed by atoms with Crippen molar-refractivity contribution in [2.75, 3.05) is 18.0 Å². The van der Waals surface area contributed by atoms with E-state index < -0.39 is 5.82 Å². The summed E-state index contributed by atoms with van der Waals surface area (Å²) in [7, 11) is 0. The SMILES string of the molecule is N#CC1CCN(c2ccc(F)c(Cl)c2)CC1. The van der Waals surface area contributed by atoms with Gasteiger partial charge in [0.15, 0.2) is 0 Å². The Kier molecular flexibility index (Phi) is 3.31. The molecular weight excluding hydrogens is 227 g/mol. The number of anilines is 1. The molecule has 0 bridgehead atoms. The van der Waals surface area contributed by atoms with Crippen LogP contribution in [0.5, 0.6) is 0 Å². The van der Waals surface area contributed by atoms with Gasteiger partial charge < -0.3 is 4.90 Å². The van der Waals surface area contributed by atoms with Gasteiger partial charge in [0.1, 0.15) is 5.82 Å². The van der Waals surface area contributed by atoms with E-state index in [1.165, 1.54) is 6.07 Å². The zero-order chi connectivity index (χ0) is 11.5. The molecule has 0 aromatic heterocycles. The summed E-state index contributed by atoms with van der Waals surface area (Å²) in [6.45, 7) is 1.67. The Morgan fingerprint density at radius 1 is 1.38 bits per heavy atom. The molecule has 2 rings (SSSR count). The van der Waals surface area contributed by atoms with Crippen LogP contribution in [0.15, 0.2) is 18.2 Å². The predicted molar refractivity (Wildman–Crippen MR) is 62.0 cm³/mol. The number of benzene rings is 1. The van der Waals surface area contributed by atoms with Gasteiger partial charge in [0, 0.05) is 24.7 Å². The van der Waals surface area contributed by atoms with Gasteiger partial charge in [0.25, 0.3) is 0 Å². The molecule has 1 aliphatic heterocycles. The molecule has 16 heavy (non-hydrogen) atoms. The Morgan fingerprint density at radius 2 is 2.06 bits per heavy atom. The lowest BCUT2D eigenvalue weighted by atomic mass is 9.98. The van der Waals surface area contributed by atoms with E-state index in [2.05, 4.69) is 11.0 Å². The maximum absolute atomic E-state index is 13.0. The average Bonchev–Trinajstić information content (AvgIpc) is 2.33. The molecule has 1 saturated heterocycles. The maximum Gasteiger partial charge on any atom is 0.141 e. The molecule has 0 unspecified atom stereocenters. The molecule has 0 radical (unpaired) electrons. The van der Waals surface area contributed by atoms with Gasteiger partial charge in [-0.05, 0) is 31.0 Å². The van der Waals surface area contributed by atoms with Gasteiger partial charge in [-0.3, -0.25) is 0 Å². The molecule has 1 aliphatic rings. The monoisotopic (exact) mass is 238 g/mol. The Hall–Kier alpha value is -1.27. The minimum Gasteiger partial charge on any atom is -0.371 e. The van der Waals surface area contributed by atoms with E-state index in [1.807, 2.05) is 0 Å². The first-order valence-electron chi connectivity index (χ1n) is 5.30. The normalized spacial score (nSPS) is 17.2. The van der Waals surface area contributed by atoms with E-state index in [-0.39, 0.29) is 10.9 Å². The number of halogens is 2. The van der Waals surface area contributed by atoms with Crippen LogP contribution in [0.1, 0.15) is 12.8 Å². The van der Waals surface area contributed by atoms with Crippen LogP contribution in [0.25, 0.3) is 0 Å². The zero-order valence-corrected chi connectivity index (χ0v) is 9.54. The average molecular weight is 239 g/mol. The summed E-state index contributed by atoms with van der Waals surface area (Å²) in [4.78, 5) is 2.14. The molecular formula is C12H12ClFN2. The van der Waals surface area contributed by atoms with Gasteiger partial charge in [-0.25, -0.2) is 4.39 Å². The lowest BCUT2D eigenvalue weighted by Gasteiger charge is -2.31. The van der Waals surface area contributed by atoms with Gasteiger partial charge in [0.05, 0.1) is 11.1 Å². The van der Waals surface area contributed by atoms with Gasteiger partial charge in [-0.1, -0.05) is 11.6 Å². The minimum absolute atomic E-state index is 0.153. The summed E-state index contributed by atoms with van der Waals surface area (Å²) >= 11 is 5.73. The number of hydrogen-bond donors (Lipinski definition) is 0. The van der Waals surface area contributed by atoms with Crippen molar-refractivity contribution in [3.8, 4) is 6.07 Å². The second-order valence-electron chi connectivity index (χ2n) is 3.99. The topological polar surface area (TPSA) is 27.0 Å². The molecule has 1 fully saturated rings. The van der Waals surface area contributed by atoms with Gasteiger partial charge >= 0.3 is 0 Å². The molecule has 0 N–H and O–H groups in total. The second kappa shape index (κ2) is 4.71.